The highest BCUT2D eigenvalue weighted by molar-refractivity contribution is 5.81. The van der Waals surface area contributed by atoms with Gasteiger partial charge >= 0.3 is 0 Å². The first-order chi connectivity index (χ1) is 10.7. The molecule has 0 radical (unpaired) electrons. The molecule has 1 aromatic heterocycles. The van der Waals surface area contributed by atoms with Gasteiger partial charge in [0.2, 0.25) is 0 Å². The van der Waals surface area contributed by atoms with E-state index in [-0.39, 0.29) is 5.56 Å². The van der Waals surface area contributed by atoms with Crippen molar-refractivity contribution in [3.05, 3.63) is 71.1 Å². The molecule has 2 aromatic carbocycles. The lowest BCUT2D eigenvalue weighted by molar-refractivity contribution is 0.301. The van der Waals surface area contributed by atoms with E-state index in [1.807, 2.05) is 54.7 Å². The van der Waals surface area contributed by atoms with E-state index in [4.69, 9.17) is 10.5 Å². The van der Waals surface area contributed by atoms with E-state index in [9.17, 15) is 4.79 Å². The maximum absolute atomic E-state index is 12.3. The topological polar surface area (TPSA) is 57.2 Å². The Balaban J connectivity index is 1.62. The van der Waals surface area contributed by atoms with Crippen LogP contribution in [0.3, 0.4) is 0 Å². The molecular weight excluding hydrogens is 276 g/mol. The zero-order valence-electron chi connectivity index (χ0n) is 12.2. The van der Waals surface area contributed by atoms with Gasteiger partial charge in [-0.2, -0.15) is 0 Å². The van der Waals surface area contributed by atoms with Gasteiger partial charge in [-0.15, -0.1) is 0 Å². The molecule has 4 heteroatoms. The molecule has 0 bridgehead atoms. The van der Waals surface area contributed by atoms with E-state index in [0.717, 1.165) is 22.9 Å². The molecule has 112 valence electrons. The fraction of sp³-hybridized carbons (Fsp3) is 0.167. The van der Waals surface area contributed by atoms with Crippen molar-refractivity contribution >= 4 is 16.5 Å². The SMILES string of the molecule is Nc1cccc(OCCCn2ccc3ccccc3c2=O)c1. The van der Waals surface area contributed by atoms with Gasteiger partial charge in [0.25, 0.3) is 5.56 Å². The van der Waals surface area contributed by atoms with Crippen LogP contribution in [0.25, 0.3) is 10.8 Å². The standard InChI is InChI=1S/C18H18N2O2/c19-15-6-3-7-16(13-15)22-12-4-10-20-11-9-14-5-1-2-8-17(14)18(20)21/h1-3,5-9,11,13H,4,10,12,19H2. The van der Waals surface area contributed by atoms with Gasteiger partial charge in [0.1, 0.15) is 5.75 Å². The van der Waals surface area contributed by atoms with Crippen LogP contribution >= 0.6 is 0 Å². The van der Waals surface area contributed by atoms with Crippen LogP contribution in [0.5, 0.6) is 5.75 Å². The Hall–Kier alpha value is -2.75. The number of ether oxygens (including phenoxy) is 1. The molecule has 3 aromatic rings. The number of aryl methyl sites for hydroxylation is 1. The van der Waals surface area contributed by atoms with E-state index in [0.29, 0.717) is 18.8 Å². The first-order valence-corrected chi connectivity index (χ1v) is 7.30. The molecule has 0 atom stereocenters. The predicted octanol–water partition coefficient (Wildman–Crippen LogP) is 3.05. The second kappa shape index (κ2) is 6.35. The summed E-state index contributed by atoms with van der Waals surface area (Å²) in [5.74, 6) is 0.755. The number of anilines is 1. The van der Waals surface area contributed by atoms with Crippen LogP contribution in [-0.2, 0) is 6.54 Å². The van der Waals surface area contributed by atoms with E-state index in [1.54, 1.807) is 10.6 Å². The fourth-order valence-electron chi connectivity index (χ4n) is 2.44. The minimum Gasteiger partial charge on any atom is -0.493 e. The molecule has 4 nitrogen and oxygen atoms in total. The summed E-state index contributed by atoms with van der Waals surface area (Å²) in [5, 5.41) is 1.72. The molecule has 3 rings (SSSR count). The van der Waals surface area contributed by atoms with Gasteiger partial charge in [-0.05, 0) is 36.1 Å². The predicted molar refractivity (Wildman–Crippen MR) is 89.2 cm³/mol. The lowest BCUT2D eigenvalue weighted by Crippen LogP contribution is -2.20. The second-order valence-electron chi connectivity index (χ2n) is 5.18. The normalized spacial score (nSPS) is 10.7. The highest BCUT2D eigenvalue weighted by atomic mass is 16.5. The van der Waals surface area contributed by atoms with Crippen molar-refractivity contribution < 1.29 is 4.74 Å². The van der Waals surface area contributed by atoms with Crippen molar-refractivity contribution in [1.29, 1.82) is 0 Å². The monoisotopic (exact) mass is 294 g/mol. The molecule has 0 saturated heterocycles. The Morgan fingerprint density at radius 3 is 2.77 bits per heavy atom. The molecule has 0 saturated carbocycles. The maximum Gasteiger partial charge on any atom is 0.258 e. The number of aromatic nitrogens is 1. The average Bonchev–Trinajstić information content (AvgIpc) is 2.54. The Kier molecular flexibility index (Phi) is 4.10. The molecule has 0 aliphatic heterocycles. The number of benzene rings is 2. The van der Waals surface area contributed by atoms with Crippen molar-refractivity contribution in [2.45, 2.75) is 13.0 Å². The molecule has 2 N–H and O–H groups in total. The van der Waals surface area contributed by atoms with Gasteiger partial charge < -0.3 is 15.0 Å². The second-order valence-corrected chi connectivity index (χ2v) is 5.18. The Morgan fingerprint density at radius 2 is 1.91 bits per heavy atom. The molecule has 0 amide bonds. The summed E-state index contributed by atoms with van der Waals surface area (Å²) in [6.07, 6.45) is 2.60. The zero-order valence-corrected chi connectivity index (χ0v) is 12.2. The van der Waals surface area contributed by atoms with Crippen LogP contribution < -0.4 is 16.0 Å². The number of nitrogens with zero attached hydrogens (tertiary/aromatic N) is 1. The summed E-state index contributed by atoms with van der Waals surface area (Å²) in [6, 6.07) is 16.9. The largest absolute Gasteiger partial charge is 0.493 e. The van der Waals surface area contributed by atoms with Gasteiger partial charge in [-0.3, -0.25) is 4.79 Å². The third-order valence-electron chi connectivity index (χ3n) is 3.56. The van der Waals surface area contributed by atoms with Crippen LogP contribution in [0, 0.1) is 0 Å². The third-order valence-corrected chi connectivity index (χ3v) is 3.56. The van der Waals surface area contributed by atoms with Crippen molar-refractivity contribution in [3.8, 4) is 5.75 Å². The van der Waals surface area contributed by atoms with E-state index in [1.165, 1.54) is 0 Å². The highest BCUT2D eigenvalue weighted by Crippen LogP contribution is 2.14. The number of fused-ring (bicyclic) bond motifs is 1. The van der Waals surface area contributed by atoms with Gasteiger partial charge in [-0.25, -0.2) is 0 Å². The summed E-state index contributed by atoms with van der Waals surface area (Å²) in [6.45, 7) is 1.18. The Morgan fingerprint density at radius 1 is 1.05 bits per heavy atom. The summed E-state index contributed by atoms with van der Waals surface area (Å²) < 4.78 is 7.37. The lowest BCUT2D eigenvalue weighted by Gasteiger charge is -2.09. The van der Waals surface area contributed by atoms with E-state index < -0.39 is 0 Å². The van der Waals surface area contributed by atoms with Crippen molar-refractivity contribution in [2.75, 3.05) is 12.3 Å². The summed E-state index contributed by atoms with van der Waals surface area (Å²) in [5.41, 5.74) is 6.43. The highest BCUT2D eigenvalue weighted by Gasteiger charge is 2.02. The Labute approximate surface area is 128 Å². The van der Waals surface area contributed by atoms with Crippen molar-refractivity contribution in [1.82, 2.24) is 4.57 Å². The smallest absolute Gasteiger partial charge is 0.258 e. The van der Waals surface area contributed by atoms with Crippen molar-refractivity contribution in [2.24, 2.45) is 0 Å². The average molecular weight is 294 g/mol. The number of rotatable bonds is 5. The third kappa shape index (κ3) is 3.11. The first kappa shape index (κ1) is 14.2. The fourth-order valence-corrected chi connectivity index (χ4v) is 2.44. The lowest BCUT2D eigenvalue weighted by atomic mass is 10.2. The zero-order chi connectivity index (χ0) is 15.4. The van der Waals surface area contributed by atoms with Gasteiger partial charge in [0, 0.05) is 29.9 Å². The number of pyridine rings is 1. The molecular formula is C18H18N2O2. The molecule has 1 heterocycles. The number of nitrogen functional groups attached to an aromatic ring is 1. The van der Waals surface area contributed by atoms with Gasteiger partial charge in [0.15, 0.2) is 0 Å². The number of nitrogens with two attached hydrogens (primary N) is 1. The van der Waals surface area contributed by atoms with Gasteiger partial charge in [-0.1, -0.05) is 24.3 Å². The quantitative estimate of drug-likeness (QED) is 0.581. The van der Waals surface area contributed by atoms with Crippen molar-refractivity contribution in [3.63, 3.8) is 0 Å². The molecule has 0 spiro atoms. The molecule has 0 aliphatic rings. The van der Waals surface area contributed by atoms with Crippen LogP contribution in [0.2, 0.25) is 0 Å². The molecule has 0 unspecified atom stereocenters. The van der Waals surface area contributed by atoms with Crippen LogP contribution in [-0.4, -0.2) is 11.2 Å². The molecule has 0 aliphatic carbocycles. The maximum atomic E-state index is 12.3. The van der Waals surface area contributed by atoms with Crippen LogP contribution in [0.15, 0.2) is 65.6 Å². The van der Waals surface area contributed by atoms with Gasteiger partial charge in [0.05, 0.1) is 6.61 Å². The first-order valence-electron chi connectivity index (χ1n) is 7.30. The minimum absolute atomic E-state index is 0.0436. The molecule has 22 heavy (non-hydrogen) atoms. The Bertz CT molecular complexity index is 840. The van der Waals surface area contributed by atoms with E-state index >= 15 is 0 Å². The molecule has 0 fully saturated rings. The summed E-state index contributed by atoms with van der Waals surface area (Å²) in [4.78, 5) is 12.3. The van der Waals surface area contributed by atoms with E-state index in [2.05, 4.69) is 0 Å². The summed E-state index contributed by atoms with van der Waals surface area (Å²) >= 11 is 0. The number of hydrogen-bond donors (Lipinski definition) is 1. The number of hydrogen-bond acceptors (Lipinski definition) is 3. The van der Waals surface area contributed by atoms with Crippen LogP contribution in [0.1, 0.15) is 6.42 Å². The summed E-state index contributed by atoms with van der Waals surface area (Å²) in [7, 11) is 0. The van der Waals surface area contributed by atoms with Crippen LogP contribution in [0.4, 0.5) is 5.69 Å². The minimum atomic E-state index is 0.0436.